The molecule has 0 saturated heterocycles. The summed E-state index contributed by atoms with van der Waals surface area (Å²) in [5.74, 6) is 6.04. The van der Waals surface area contributed by atoms with E-state index in [-0.39, 0.29) is 0 Å². The molecular weight excluding hydrogens is 224 g/mol. The lowest BCUT2D eigenvalue weighted by Crippen LogP contribution is -2.18. The third kappa shape index (κ3) is 4.91. The second kappa shape index (κ2) is 7.92. The minimum absolute atomic E-state index is 0.369. The van der Waals surface area contributed by atoms with Gasteiger partial charge in [0.2, 0.25) is 0 Å². The highest BCUT2D eigenvalue weighted by molar-refractivity contribution is 5.33. The van der Waals surface area contributed by atoms with E-state index in [0.717, 1.165) is 5.56 Å². The van der Waals surface area contributed by atoms with E-state index >= 15 is 0 Å². The first-order chi connectivity index (χ1) is 8.95. The van der Waals surface area contributed by atoms with Crippen LogP contribution in [0.5, 0.6) is 0 Å². The van der Waals surface area contributed by atoms with Gasteiger partial charge in [-0.25, -0.2) is 0 Å². The molecule has 0 unspecified atom stereocenters. The molecular formula is C16H20O2. The van der Waals surface area contributed by atoms with Crippen LogP contribution in [-0.4, -0.2) is 19.5 Å². The standard InChI is InChI=1S/C16H20O2/c1-3-8-15(9-4-1)10-7-13-17-14-18-16-11-5-2-6-12-16/h1,3-4,8-9,16H,2,5-6,11-14H2. The molecule has 0 bridgehead atoms. The molecule has 1 aliphatic carbocycles. The van der Waals surface area contributed by atoms with Crippen LogP contribution in [0.4, 0.5) is 0 Å². The van der Waals surface area contributed by atoms with E-state index in [1.807, 2.05) is 30.3 Å². The first-order valence-corrected chi connectivity index (χ1v) is 6.68. The molecule has 1 aromatic carbocycles. The van der Waals surface area contributed by atoms with E-state index in [1.165, 1.54) is 32.1 Å². The van der Waals surface area contributed by atoms with Gasteiger partial charge in [0.15, 0.2) is 0 Å². The van der Waals surface area contributed by atoms with Crippen molar-refractivity contribution in [2.24, 2.45) is 0 Å². The molecule has 0 aromatic heterocycles. The van der Waals surface area contributed by atoms with Crippen LogP contribution in [-0.2, 0) is 9.47 Å². The van der Waals surface area contributed by atoms with Crippen molar-refractivity contribution in [3.05, 3.63) is 35.9 Å². The molecule has 0 atom stereocenters. The Morgan fingerprint density at radius 3 is 2.61 bits per heavy atom. The fourth-order valence-electron chi connectivity index (χ4n) is 2.13. The summed E-state index contributed by atoms with van der Waals surface area (Å²) in [6.45, 7) is 0.801. The lowest BCUT2D eigenvalue weighted by atomic mass is 9.98. The normalized spacial score (nSPS) is 16.0. The minimum Gasteiger partial charge on any atom is -0.352 e. The zero-order chi connectivity index (χ0) is 12.5. The Balaban J connectivity index is 1.57. The summed E-state index contributed by atoms with van der Waals surface area (Å²) in [6, 6.07) is 9.94. The van der Waals surface area contributed by atoms with Gasteiger partial charge < -0.3 is 9.47 Å². The van der Waals surface area contributed by atoms with Crippen LogP contribution in [0.25, 0.3) is 0 Å². The van der Waals surface area contributed by atoms with Gasteiger partial charge in [-0.3, -0.25) is 0 Å². The topological polar surface area (TPSA) is 18.5 Å². The molecule has 1 fully saturated rings. The maximum Gasteiger partial charge on any atom is 0.148 e. The summed E-state index contributed by atoms with van der Waals surface area (Å²) in [5.41, 5.74) is 1.02. The summed E-state index contributed by atoms with van der Waals surface area (Å²) < 4.78 is 11.0. The van der Waals surface area contributed by atoms with Crippen LogP contribution >= 0.6 is 0 Å². The Bertz CT molecular complexity index is 383. The average Bonchev–Trinajstić information content (AvgIpc) is 2.45. The predicted molar refractivity (Wildman–Crippen MR) is 72.1 cm³/mol. The second-order valence-electron chi connectivity index (χ2n) is 4.56. The Morgan fingerprint density at radius 1 is 1.06 bits per heavy atom. The Kier molecular flexibility index (Phi) is 5.78. The highest BCUT2D eigenvalue weighted by atomic mass is 16.7. The third-order valence-corrected chi connectivity index (χ3v) is 3.12. The molecule has 1 saturated carbocycles. The summed E-state index contributed by atoms with van der Waals surface area (Å²) in [5, 5.41) is 0. The van der Waals surface area contributed by atoms with Crippen LogP contribution in [0.2, 0.25) is 0 Å². The predicted octanol–water partition coefficient (Wildman–Crippen LogP) is 3.36. The highest BCUT2D eigenvalue weighted by Gasteiger charge is 2.12. The lowest BCUT2D eigenvalue weighted by Gasteiger charge is -2.21. The molecule has 1 aliphatic rings. The molecule has 2 nitrogen and oxygen atoms in total. The van der Waals surface area contributed by atoms with Gasteiger partial charge >= 0.3 is 0 Å². The Labute approximate surface area is 109 Å². The van der Waals surface area contributed by atoms with Crippen molar-refractivity contribution in [3.63, 3.8) is 0 Å². The summed E-state index contributed by atoms with van der Waals surface area (Å²) in [7, 11) is 0. The van der Waals surface area contributed by atoms with Gasteiger partial charge in [0.25, 0.3) is 0 Å². The van der Waals surface area contributed by atoms with E-state index in [2.05, 4.69) is 11.8 Å². The summed E-state index contributed by atoms with van der Waals surface area (Å²) >= 11 is 0. The largest absolute Gasteiger partial charge is 0.352 e. The average molecular weight is 244 g/mol. The number of benzene rings is 1. The maximum atomic E-state index is 5.65. The van der Waals surface area contributed by atoms with Crippen molar-refractivity contribution in [2.45, 2.75) is 38.2 Å². The van der Waals surface area contributed by atoms with Crippen molar-refractivity contribution in [3.8, 4) is 11.8 Å². The summed E-state index contributed by atoms with van der Waals surface area (Å²) in [6.07, 6.45) is 6.69. The molecule has 0 amide bonds. The molecule has 96 valence electrons. The minimum atomic E-state index is 0.369. The molecule has 18 heavy (non-hydrogen) atoms. The lowest BCUT2D eigenvalue weighted by molar-refractivity contribution is -0.0901. The molecule has 0 spiro atoms. The van der Waals surface area contributed by atoms with Crippen LogP contribution in [0.15, 0.2) is 30.3 Å². The van der Waals surface area contributed by atoms with Gasteiger partial charge in [-0.15, -0.1) is 0 Å². The molecule has 0 N–H and O–H groups in total. The van der Waals surface area contributed by atoms with Crippen molar-refractivity contribution in [1.82, 2.24) is 0 Å². The zero-order valence-corrected chi connectivity index (χ0v) is 10.7. The number of hydrogen-bond donors (Lipinski definition) is 0. The third-order valence-electron chi connectivity index (χ3n) is 3.12. The molecule has 0 aliphatic heterocycles. The summed E-state index contributed by atoms with van der Waals surface area (Å²) in [4.78, 5) is 0. The number of rotatable bonds is 4. The van der Waals surface area contributed by atoms with Crippen LogP contribution in [0.3, 0.4) is 0 Å². The van der Waals surface area contributed by atoms with Gasteiger partial charge in [-0.1, -0.05) is 49.3 Å². The van der Waals surface area contributed by atoms with Crippen molar-refractivity contribution >= 4 is 0 Å². The van der Waals surface area contributed by atoms with Crippen molar-refractivity contribution < 1.29 is 9.47 Å². The SMILES string of the molecule is C(#Cc1ccccc1)COCOC1CCCCC1. The highest BCUT2D eigenvalue weighted by Crippen LogP contribution is 2.19. The Morgan fingerprint density at radius 2 is 1.83 bits per heavy atom. The number of hydrogen-bond acceptors (Lipinski definition) is 2. The van der Waals surface area contributed by atoms with Gasteiger partial charge in [0.05, 0.1) is 6.10 Å². The fourth-order valence-corrected chi connectivity index (χ4v) is 2.13. The van der Waals surface area contributed by atoms with Gasteiger partial charge in [0, 0.05) is 5.56 Å². The molecule has 2 heteroatoms. The van der Waals surface area contributed by atoms with E-state index in [4.69, 9.17) is 9.47 Å². The van der Waals surface area contributed by atoms with Gasteiger partial charge in [-0.05, 0) is 25.0 Å². The van der Waals surface area contributed by atoms with E-state index in [9.17, 15) is 0 Å². The molecule has 1 aromatic rings. The van der Waals surface area contributed by atoms with Crippen LogP contribution < -0.4 is 0 Å². The smallest absolute Gasteiger partial charge is 0.148 e. The molecule has 2 rings (SSSR count). The molecule has 0 radical (unpaired) electrons. The Hall–Kier alpha value is -1.30. The number of ether oxygens (including phenoxy) is 2. The monoisotopic (exact) mass is 244 g/mol. The van der Waals surface area contributed by atoms with Crippen LogP contribution in [0, 0.1) is 11.8 Å². The van der Waals surface area contributed by atoms with Crippen molar-refractivity contribution in [1.29, 1.82) is 0 Å². The van der Waals surface area contributed by atoms with Crippen molar-refractivity contribution in [2.75, 3.05) is 13.4 Å². The second-order valence-corrected chi connectivity index (χ2v) is 4.56. The van der Waals surface area contributed by atoms with Gasteiger partial charge in [0.1, 0.15) is 13.4 Å². The van der Waals surface area contributed by atoms with E-state index in [1.54, 1.807) is 0 Å². The van der Waals surface area contributed by atoms with E-state index < -0.39 is 0 Å². The zero-order valence-electron chi connectivity index (χ0n) is 10.7. The first-order valence-electron chi connectivity index (χ1n) is 6.68. The first kappa shape index (κ1) is 13.1. The maximum absolute atomic E-state index is 5.65. The van der Waals surface area contributed by atoms with Crippen LogP contribution in [0.1, 0.15) is 37.7 Å². The quantitative estimate of drug-likeness (QED) is 0.459. The van der Waals surface area contributed by atoms with E-state index in [0.29, 0.717) is 19.5 Å². The van der Waals surface area contributed by atoms with Gasteiger partial charge in [-0.2, -0.15) is 0 Å². The molecule has 0 heterocycles. The fraction of sp³-hybridized carbons (Fsp3) is 0.500.